The van der Waals surface area contributed by atoms with Crippen molar-refractivity contribution in [1.82, 2.24) is 5.32 Å². The van der Waals surface area contributed by atoms with Gasteiger partial charge >= 0.3 is 0 Å². The Hall–Kier alpha value is -1.13. The molecule has 1 aromatic rings. The van der Waals surface area contributed by atoms with Gasteiger partial charge < -0.3 is 10.1 Å². The highest BCUT2D eigenvalue weighted by Crippen LogP contribution is 2.09. The zero-order valence-corrected chi connectivity index (χ0v) is 10.4. The zero-order valence-electron chi connectivity index (χ0n) is 9.63. The number of ether oxygens (including phenoxy) is 1. The van der Waals surface area contributed by atoms with Crippen LogP contribution in [0.5, 0.6) is 0 Å². The zero-order chi connectivity index (χ0) is 12.7. The van der Waals surface area contributed by atoms with Crippen molar-refractivity contribution in [3.8, 4) is 0 Å². The van der Waals surface area contributed by atoms with Gasteiger partial charge in [0.25, 0.3) is 5.91 Å². The number of carbonyl (C=O) groups excluding carboxylic acids is 1. The van der Waals surface area contributed by atoms with Crippen LogP contribution in [0.3, 0.4) is 0 Å². The van der Waals surface area contributed by atoms with Crippen LogP contribution in [-0.2, 0) is 4.74 Å². The van der Waals surface area contributed by atoms with E-state index in [0.29, 0.717) is 36.8 Å². The number of rotatable bonds is 6. The van der Waals surface area contributed by atoms with Crippen LogP contribution in [0.1, 0.15) is 15.9 Å². The maximum atomic E-state index is 12.8. The van der Waals surface area contributed by atoms with E-state index in [0.717, 1.165) is 0 Å². The maximum Gasteiger partial charge on any atom is 0.251 e. The minimum absolute atomic E-state index is 0.225. The summed E-state index contributed by atoms with van der Waals surface area (Å²) in [4.78, 5) is 11.7. The summed E-state index contributed by atoms with van der Waals surface area (Å²) in [5.74, 6) is -0.133. The molecule has 1 N–H and O–H groups in total. The molecule has 0 unspecified atom stereocenters. The molecule has 0 atom stereocenters. The molecule has 1 amide bonds. The number of alkyl halides is 1. The molecule has 3 nitrogen and oxygen atoms in total. The Morgan fingerprint density at radius 3 is 2.88 bits per heavy atom. The number of benzene rings is 1. The second-order valence-corrected chi connectivity index (χ2v) is 3.89. The molecule has 0 aliphatic heterocycles. The lowest BCUT2D eigenvalue weighted by Gasteiger charge is -2.07. The highest BCUT2D eigenvalue weighted by molar-refractivity contribution is 6.17. The number of aryl methyl sites for hydroxylation is 1. The smallest absolute Gasteiger partial charge is 0.251 e. The lowest BCUT2D eigenvalue weighted by atomic mass is 10.1. The average Bonchev–Trinajstić information content (AvgIpc) is 2.28. The first kappa shape index (κ1) is 13.9. The van der Waals surface area contributed by atoms with Gasteiger partial charge in [0, 0.05) is 18.0 Å². The summed E-state index contributed by atoms with van der Waals surface area (Å²) in [5, 5.41) is 2.69. The first-order valence-electron chi connectivity index (χ1n) is 5.33. The Balaban J connectivity index is 2.42. The van der Waals surface area contributed by atoms with Crippen LogP contribution in [0, 0.1) is 12.7 Å². The van der Waals surface area contributed by atoms with Crippen molar-refractivity contribution in [2.45, 2.75) is 6.92 Å². The van der Waals surface area contributed by atoms with Crippen molar-refractivity contribution in [3.05, 3.63) is 35.1 Å². The Kier molecular flexibility index (Phi) is 5.94. The van der Waals surface area contributed by atoms with Crippen molar-refractivity contribution in [2.75, 3.05) is 25.6 Å². The van der Waals surface area contributed by atoms with E-state index in [-0.39, 0.29) is 11.7 Å². The Bertz CT molecular complexity index is 385. The molecule has 0 aliphatic rings. The second-order valence-electron chi connectivity index (χ2n) is 3.52. The third-order valence-electron chi connectivity index (χ3n) is 2.19. The predicted molar refractivity (Wildman–Crippen MR) is 65.0 cm³/mol. The van der Waals surface area contributed by atoms with E-state index in [4.69, 9.17) is 16.3 Å². The normalized spacial score (nSPS) is 10.3. The van der Waals surface area contributed by atoms with Gasteiger partial charge in [0.1, 0.15) is 5.82 Å². The van der Waals surface area contributed by atoms with E-state index in [9.17, 15) is 9.18 Å². The fraction of sp³-hybridized carbons (Fsp3) is 0.417. The van der Waals surface area contributed by atoms with Gasteiger partial charge in [-0.1, -0.05) is 0 Å². The fourth-order valence-corrected chi connectivity index (χ4v) is 1.48. The van der Waals surface area contributed by atoms with Crippen molar-refractivity contribution in [1.29, 1.82) is 0 Å². The van der Waals surface area contributed by atoms with E-state index in [2.05, 4.69) is 5.32 Å². The van der Waals surface area contributed by atoms with Crippen molar-refractivity contribution in [2.24, 2.45) is 0 Å². The molecule has 0 heterocycles. The highest BCUT2D eigenvalue weighted by atomic mass is 35.5. The highest BCUT2D eigenvalue weighted by Gasteiger charge is 2.08. The molecule has 0 saturated heterocycles. The molecule has 0 radical (unpaired) electrons. The second kappa shape index (κ2) is 7.25. The number of nitrogens with one attached hydrogen (secondary N) is 1. The van der Waals surface area contributed by atoms with E-state index in [1.165, 1.54) is 18.2 Å². The van der Waals surface area contributed by atoms with Gasteiger partial charge in [-0.2, -0.15) is 0 Å². The van der Waals surface area contributed by atoms with Gasteiger partial charge in [-0.15, -0.1) is 11.6 Å². The molecule has 5 heteroatoms. The van der Waals surface area contributed by atoms with Crippen LogP contribution >= 0.6 is 11.6 Å². The van der Waals surface area contributed by atoms with E-state index in [1.54, 1.807) is 6.92 Å². The molecule has 0 saturated carbocycles. The molecule has 0 spiro atoms. The van der Waals surface area contributed by atoms with Gasteiger partial charge in [0.2, 0.25) is 0 Å². The molecule has 1 rings (SSSR count). The van der Waals surface area contributed by atoms with Crippen molar-refractivity contribution in [3.63, 3.8) is 0 Å². The topological polar surface area (TPSA) is 38.3 Å². The molecule has 0 aromatic heterocycles. The molecular weight excluding hydrogens is 245 g/mol. The van der Waals surface area contributed by atoms with Crippen LogP contribution in [0.25, 0.3) is 0 Å². The Morgan fingerprint density at radius 1 is 1.47 bits per heavy atom. The van der Waals surface area contributed by atoms with Crippen LogP contribution in [0.2, 0.25) is 0 Å². The maximum absolute atomic E-state index is 12.8. The molecule has 0 fully saturated rings. The summed E-state index contributed by atoms with van der Waals surface area (Å²) in [6.45, 7) is 2.99. The summed E-state index contributed by atoms with van der Waals surface area (Å²) in [6, 6.07) is 4.07. The summed E-state index contributed by atoms with van der Waals surface area (Å²) in [5.41, 5.74) is 1.09. The molecule has 94 valence electrons. The van der Waals surface area contributed by atoms with Gasteiger partial charge in [-0.3, -0.25) is 4.79 Å². The number of hydrogen-bond donors (Lipinski definition) is 1. The van der Waals surface area contributed by atoms with E-state index < -0.39 is 0 Å². The number of amides is 1. The first-order valence-corrected chi connectivity index (χ1v) is 5.86. The fourth-order valence-electron chi connectivity index (χ4n) is 1.37. The molecule has 0 bridgehead atoms. The average molecular weight is 260 g/mol. The van der Waals surface area contributed by atoms with E-state index >= 15 is 0 Å². The lowest BCUT2D eigenvalue weighted by molar-refractivity contribution is 0.0923. The third kappa shape index (κ3) is 4.71. The summed E-state index contributed by atoms with van der Waals surface area (Å²) >= 11 is 5.43. The Morgan fingerprint density at radius 2 is 2.24 bits per heavy atom. The number of halogens is 2. The van der Waals surface area contributed by atoms with Crippen LogP contribution in [-0.4, -0.2) is 31.5 Å². The quantitative estimate of drug-likeness (QED) is 0.628. The molecule has 0 aliphatic carbocycles. The number of carbonyl (C=O) groups is 1. The summed E-state index contributed by atoms with van der Waals surface area (Å²) in [7, 11) is 0. The van der Waals surface area contributed by atoms with Gasteiger partial charge in [-0.05, 0) is 30.7 Å². The van der Waals surface area contributed by atoms with Crippen molar-refractivity contribution < 1.29 is 13.9 Å². The molecule has 17 heavy (non-hydrogen) atoms. The van der Waals surface area contributed by atoms with Crippen LogP contribution < -0.4 is 5.32 Å². The summed E-state index contributed by atoms with van der Waals surface area (Å²) in [6.07, 6.45) is 0. The predicted octanol–water partition coefficient (Wildman–Crippen LogP) is 2.12. The van der Waals surface area contributed by atoms with Gasteiger partial charge in [0.05, 0.1) is 13.2 Å². The third-order valence-corrected chi connectivity index (χ3v) is 2.34. The van der Waals surface area contributed by atoms with Crippen LogP contribution in [0.15, 0.2) is 18.2 Å². The largest absolute Gasteiger partial charge is 0.378 e. The number of hydrogen-bond acceptors (Lipinski definition) is 2. The van der Waals surface area contributed by atoms with Gasteiger partial charge in [0.15, 0.2) is 0 Å². The first-order chi connectivity index (χ1) is 8.15. The van der Waals surface area contributed by atoms with Gasteiger partial charge in [-0.25, -0.2) is 4.39 Å². The minimum Gasteiger partial charge on any atom is -0.378 e. The minimum atomic E-state index is -0.343. The molecule has 1 aromatic carbocycles. The lowest BCUT2D eigenvalue weighted by Crippen LogP contribution is -2.28. The molecular formula is C12H15ClFNO2. The van der Waals surface area contributed by atoms with E-state index in [1.807, 2.05) is 0 Å². The summed E-state index contributed by atoms with van der Waals surface area (Å²) < 4.78 is 17.9. The van der Waals surface area contributed by atoms with Crippen molar-refractivity contribution >= 4 is 17.5 Å². The standard InChI is InChI=1S/C12H15ClFNO2/c1-9-8-10(14)2-3-11(9)12(16)15-5-7-17-6-4-13/h2-3,8H,4-7H2,1H3,(H,15,16). The SMILES string of the molecule is Cc1cc(F)ccc1C(=O)NCCOCCCl. The monoisotopic (exact) mass is 259 g/mol. The Labute approximate surface area is 105 Å². The van der Waals surface area contributed by atoms with Crippen LogP contribution in [0.4, 0.5) is 4.39 Å².